The molecule has 2 amide bonds. The highest BCUT2D eigenvalue weighted by Crippen LogP contribution is 2.15. The van der Waals surface area contributed by atoms with Crippen LogP contribution >= 0.6 is 0 Å². The van der Waals surface area contributed by atoms with Gasteiger partial charge in [0.2, 0.25) is 11.8 Å². The minimum absolute atomic E-state index is 0.0145. The van der Waals surface area contributed by atoms with Gasteiger partial charge >= 0.3 is 0 Å². The highest BCUT2D eigenvalue weighted by Gasteiger charge is 2.34. The van der Waals surface area contributed by atoms with Crippen LogP contribution in [-0.2, 0) is 14.3 Å². The molecule has 7 heteroatoms. The van der Waals surface area contributed by atoms with Gasteiger partial charge < -0.3 is 20.7 Å². The lowest BCUT2D eigenvalue weighted by molar-refractivity contribution is -0.139. The summed E-state index contributed by atoms with van der Waals surface area (Å²) < 4.78 is 4.97. The van der Waals surface area contributed by atoms with Crippen molar-refractivity contribution >= 4 is 11.8 Å². The third kappa shape index (κ3) is 6.03. The standard InChI is InChI=1S/C17H34N4O3/c1-5-7-17(3,18)16(23)21-11-9-20(10-12-21)14(2)15(22)19-8-6-13-24-4/h14H,5-13,18H2,1-4H3,(H,19,22). The van der Waals surface area contributed by atoms with Gasteiger partial charge in [0.25, 0.3) is 0 Å². The van der Waals surface area contributed by atoms with E-state index < -0.39 is 5.54 Å². The second kappa shape index (κ2) is 9.96. The zero-order valence-corrected chi connectivity index (χ0v) is 15.6. The Balaban J connectivity index is 2.41. The number of hydrogen-bond donors (Lipinski definition) is 2. The van der Waals surface area contributed by atoms with Gasteiger partial charge in [-0.2, -0.15) is 0 Å². The average Bonchev–Trinajstić information content (AvgIpc) is 2.57. The van der Waals surface area contributed by atoms with Crippen molar-refractivity contribution in [2.24, 2.45) is 5.73 Å². The molecule has 2 unspecified atom stereocenters. The normalized spacial score (nSPS) is 19.6. The van der Waals surface area contributed by atoms with Crippen LogP contribution in [0.1, 0.15) is 40.0 Å². The molecule has 1 heterocycles. The maximum absolute atomic E-state index is 12.5. The molecule has 1 aliphatic rings. The predicted octanol–water partition coefficient (Wildman–Crippen LogP) is 0.189. The van der Waals surface area contributed by atoms with Crippen LogP contribution < -0.4 is 11.1 Å². The molecule has 24 heavy (non-hydrogen) atoms. The van der Waals surface area contributed by atoms with E-state index in [0.29, 0.717) is 45.8 Å². The monoisotopic (exact) mass is 342 g/mol. The maximum atomic E-state index is 12.5. The van der Waals surface area contributed by atoms with Crippen LogP contribution in [0, 0.1) is 0 Å². The molecule has 3 N–H and O–H groups in total. The molecular weight excluding hydrogens is 308 g/mol. The molecule has 0 aromatic carbocycles. The van der Waals surface area contributed by atoms with Crippen LogP contribution in [0.4, 0.5) is 0 Å². The van der Waals surface area contributed by atoms with Gasteiger partial charge in [0, 0.05) is 46.4 Å². The zero-order valence-electron chi connectivity index (χ0n) is 15.6. The summed E-state index contributed by atoms with van der Waals surface area (Å²) in [5.41, 5.74) is 5.35. The van der Waals surface area contributed by atoms with E-state index in [2.05, 4.69) is 10.2 Å². The minimum Gasteiger partial charge on any atom is -0.385 e. The zero-order chi connectivity index (χ0) is 18.2. The van der Waals surface area contributed by atoms with Crippen molar-refractivity contribution in [2.75, 3.05) is 46.4 Å². The number of rotatable bonds is 9. The highest BCUT2D eigenvalue weighted by molar-refractivity contribution is 5.86. The lowest BCUT2D eigenvalue weighted by Gasteiger charge is -2.40. The Morgan fingerprint density at radius 3 is 2.46 bits per heavy atom. The van der Waals surface area contributed by atoms with Crippen LogP contribution in [0.25, 0.3) is 0 Å². The summed E-state index contributed by atoms with van der Waals surface area (Å²) in [5.74, 6) is 0.0428. The van der Waals surface area contributed by atoms with Crippen molar-refractivity contribution in [3.05, 3.63) is 0 Å². The third-order valence-electron chi connectivity index (χ3n) is 4.61. The molecule has 0 aromatic heterocycles. The Hall–Kier alpha value is -1.18. The SMILES string of the molecule is CCCC(C)(N)C(=O)N1CCN(C(C)C(=O)NCCCOC)CC1. The number of carbonyl (C=O) groups excluding carboxylic acids is 2. The summed E-state index contributed by atoms with van der Waals surface area (Å²) in [4.78, 5) is 28.6. The molecule has 0 radical (unpaired) electrons. The summed E-state index contributed by atoms with van der Waals surface area (Å²) in [5, 5.41) is 2.93. The Morgan fingerprint density at radius 2 is 1.92 bits per heavy atom. The van der Waals surface area contributed by atoms with Gasteiger partial charge in [0.1, 0.15) is 0 Å². The summed E-state index contributed by atoms with van der Waals surface area (Å²) in [6.07, 6.45) is 2.38. The van der Waals surface area contributed by atoms with E-state index in [1.54, 1.807) is 14.0 Å². The number of piperazine rings is 1. The van der Waals surface area contributed by atoms with Crippen LogP contribution in [0.15, 0.2) is 0 Å². The number of nitrogens with one attached hydrogen (secondary N) is 1. The van der Waals surface area contributed by atoms with E-state index in [0.717, 1.165) is 12.8 Å². The Kier molecular flexibility index (Phi) is 8.66. The van der Waals surface area contributed by atoms with Crippen LogP contribution in [0.5, 0.6) is 0 Å². The van der Waals surface area contributed by atoms with E-state index in [1.165, 1.54) is 0 Å². The molecule has 0 spiro atoms. The van der Waals surface area contributed by atoms with Crippen LogP contribution in [0.2, 0.25) is 0 Å². The molecule has 0 aliphatic carbocycles. The van der Waals surface area contributed by atoms with Gasteiger partial charge in [-0.3, -0.25) is 14.5 Å². The molecule has 0 aromatic rings. The number of nitrogens with two attached hydrogens (primary N) is 1. The lowest BCUT2D eigenvalue weighted by atomic mass is 9.95. The molecule has 1 saturated heterocycles. The summed E-state index contributed by atoms with van der Waals surface area (Å²) in [6, 6.07) is -0.190. The Morgan fingerprint density at radius 1 is 1.29 bits per heavy atom. The molecule has 1 fully saturated rings. The second-order valence-electron chi connectivity index (χ2n) is 6.81. The third-order valence-corrected chi connectivity index (χ3v) is 4.61. The lowest BCUT2D eigenvalue weighted by Crippen LogP contribution is -2.60. The van der Waals surface area contributed by atoms with Crippen molar-refractivity contribution in [3.8, 4) is 0 Å². The van der Waals surface area contributed by atoms with E-state index in [9.17, 15) is 9.59 Å². The number of ether oxygens (including phenoxy) is 1. The van der Waals surface area contributed by atoms with Gasteiger partial charge in [-0.1, -0.05) is 13.3 Å². The fraction of sp³-hybridized carbons (Fsp3) is 0.882. The number of methoxy groups -OCH3 is 1. The summed E-state index contributed by atoms with van der Waals surface area (Å²) >= 11 is 0. The molecule has 0 bridgehead atoms. The molecule has 1 rings (SSSR count). The van der Waals surface area contributed by atoms with Crippen LogP contribution in [0.3, 0.4) is 0 Å². The predicted molar refractivity (Wildman–Crippen MR) is 94.6 cm³/mol. The van der Waals surface area contributed by atoms with E-state index in [4.69, 9.17) is 10.5 Å². The largest absolute Gasteiger partial charge is 0.385 e. The first-order valence-electron chi connectivity index (χ1n) is 8.92. The van der Waals surface area contributed by atoms with Crippen molar-refractivity contribution in [3.63, 3.8) is 0 Å². The molecule has 2 atom stereocenters. The average molecular weight is 342 g/mol. The number of hydrogen-bond acceptors (Lipinski definition) is 5. The number of amides is 2. The topological polar surface area (TPSA) is 87.9 Å². The second-order valence-corrected chi connectivity index (χ2v) is 6.81. The first kappa shape index (κ1) is 20.9. The van der Waals surface area contributed by atoms with Gasteiger partial charge in [-0.25, -0.2) is 0 Å². The smallest absolute Gasteiger partial charge is 0.242 e. The quantitative estimate of drug-likeness (QED) is 0.584. The van der Waals surface area contributed by atoms with Crippen molar-refractivity contribution in [1.82, 2.24) is 15.1 Å². The fourth-order valence-electron chi connectivity index (χ4n) is 3.04. The van der Waals surface area contributed by atoms with E-state index in [1.807, 2.05) is 18.7 Å². The first-order valence-corrected chi connectivity index (χ1v) is 8.92. The fourth-order valence-corrected chi connectivity index (χ4v) is 3.04. The van der Waals surface area contributed by atoms with Gasteiger partial charge in [0.05, 0.1) is 11.6 Å². The Bertz CT molecular complexity index is 407. The van der Waals surface area contributed by atoms with Crippen molar-refractivity contribution in [2.45, 2.75) is 51.6 Å². The molecule has 140 valence electrons. The Labute approximate surface area is 145 Å². The number of carbonyl (C=O) groups is 2. The van der Waals surface area contributed by atoms with Gasteiger partial charge in [0.15, 0.2) is 0 Å². The van der Waals surface area contributed by atoms with Crippen molar-refractivity contribution < 1.29 is 14.3 Å². The van der Waals surface area contributed by atoms with E-state index >= 15 is 0 Å². The molecule has 1 aliphatic heterocycles. The molecule has 0 saturated carbocycles. The first-order chi connectivity index (χ1) is 11.3. The summed E-state index contributed by atoms with van der Waals surface area (Å²) in [6.45, 7) is 9.65. The summed E-state index contributed by atoms with van der Waals surface area (Å²) in [7, 11) is 1.65. The van der Waals surface area contributed by atoms with Crippen molar-refractivity contribution in [1.29, 1.82) is 0 Å². The van der Waals surface area contributed by atoms with Gasteiger partial charge in [-0.15, -0.1) is 0 Å². The molecular formula is C17H34N4O3. The molecule has 7 nitrogen and oxygen atoms in total. The number of nitrogens with zero attached hydrogens (tertiary/aromatic N) is 2. The van der Waals surface area contributed by atoms with E-state index in [-0.39, 0.29) is 17.9 Å². The maximum Gasteiger partial charge on any atom is 0.242 e. The minimum atomic E-state index is -0.790. The van der Waals surface area contributed by atoms with Gasteiger partial charge in [-0.05, 0) is 26.7 Å². The van der Waals surface area contributed by atoms with Crippen LogP contribution in [-0.4, -0.2) is 79.6 Å². The highest BCUT2D eigenvalue weighted by atomic mass is 16.5.